The molecule has 0 amide bonds. The van der Waals surface area contributed by atoms with Crippen molar-refractivity contribution in [2.45, 2.75) is 32.2 Å². The van der Waals surface area contributed by atoms with Crippen LogP contribution in [0.1, 0.15) is 24.5 Å². The minimum atomic E-state index is -0.589. The lowest BCUT2D eigenvalue weighted by Gasteiger charge is -2.35. The van der Waals surface area contributed by atoms with Crippen molar-refractivity contribution in [2.24, 2.45) is 0 Å². The van der Waals surface area contributed by atoms with Crippen LogP contribution < -0.4 is 5.32 Å². The highest BCUT2D eigenvalue weighted by Gasteiger charge is 2.37. The molecule has 1 aromatic rings. The number of esters is 1. The molecule has 3 heteroatoms. The molecule has 16 heavy (non-hydrogen) atoms. The van der Waals surface area contributed by atoms with E-state index < -0.39 is 5.54 Å². The van der Waals surface area contributed by atoms with Crippen LogP contribution in [0.25, 0.3) is 0 Å². The van der Waals surface area contributed by atoms with Crippen LogP contribution in [0.4, 0.5) is 5.69 Å². The summed E-state index contributed by atoms with van der Waals surface area (Å²) in [4.78, 5) is 11.7. The highest BCUT2D eigenvalue weighted by molar-refractivity contribution is 5.85. The zero-order valence-corrected chi connectivity index (χ0v) is 9.96. The quantitative estimate of drug-likeness (QED) is 0.736. The Morgan fingerprint density at radius 3 is 2.94 bits per heavy atom. The number of aryl methyl sites for hydroxylation is 2. The number of ether oxygens (including phenoxy) is 1. The molecule has 86 valence electrons. The molecule has 0 aromatic heterocycles. The third-order valence-electron chi connectivity index (χ3n) is 3.29. The van der Waals surface area contributed by atoms with Crippen LogP contribution in [-0.2, 0) is 16.0 Å². The zero-order chi connectivity index (χ0) is 11.8. The van der Waals surface area contributed by atoms with Crippen molar-refractivity contribution < 1.29 is 9.53 Å². The van der Waals surface area contributed by atoms with Gasteiger partial charge in [-0.05, 0) is 37.8 Å². The number of methoxy groups -OCH3 is 1. The fourth-order valence-corrected chi connectivity index (χ4v) is 2.22. The maximum atomic E-state index is 11.7. The van der Waals surface area contributed by atoms with E-state index in [4.69, 9.17) is 4.74 Å². The molecule has 0 radical (unpaired) electrons. The Hall–Kier alpha value is -1.51. The van der Waals surface area contributed by atoms with E-state index in [0.29, 0.717) is 0 Å². The van der Waals surface area contributed by atoms with Gasteiger partial charge in [-0.15, -0.1) is 0 Å². The first-order valence-electron chi connectivity index (χ1n) is 5.52. The Labute approximate surface area is 95.8 Å². The summed E-state index contributed by atoms with van der Waals surface area (Å²) in [6, 6.07) is 6.21. The van der Waals surface area contributed by atoms with Crippen LogP contribution in [0.3, 0.4) is 0 Å². The standard InChI is InChI=1S/C13H17NO2/c1-9-5-4-6-10-7-8-13(2,12(15)16-3)14-11(9)10/h4-6,14H,7-8H2,1-3H3. The lowest BCUT2D eigenvalue weighted by atomic mass is 9.86. The van der Waals surface area contributed by atoms with Gasteiger partial charge in [-0.3, -0.25) is 0 Å². The van der Waals surface area contributed by atoms with Crippen LogP contribution in [0.5, 0.6) is 0 Å². The number of nitrogens with one attached hydrogen (secondary N) is 1. The first-order valence-corrected chi connectivity index (χ1v) is 5.52. The molecule has 0 saturated heterocycles. The summed E-state index contributed by atoms with van der Waals surface area (Å²) in [7, 11) is 1.43. The maximum absolute atomic E-state index is 11.7. The van der Waals surface area contributed by atoms with Crippen molar-refractivity contribution in [1.82, 2.24) is 0 Å². The molecule has 0 saturated carbocycles. The minimum Gasteiger partial charge on any atom is -0.467 e. The van der Waals surface area contributed by atoms with Gasteiger partial charge in [-0.2, -0.15) is 0 Å². The summed E-state index contributed by atoms with van der Waals surface area (Å²) >= 11 is 0. The number of hydrogen-bond acceptors (Lipinski definition) is 3. The molecule has 0 bridgehead atoms. The summed E-state index contributed by atoms with van der Waals surface area (Å²) in [5.74, 6) is -0.193. The van der Waals surface area contributed by atoms with Crippen LogP contribution >= 0.6 is 0 Å². The van der Waals surface area contributed by atoms with E-state index in [1.165, 1.54) is 18.2 Å². The monoisotopic (exact) mass is 219 g/mol. The molecule has 1 heterocycles. The molecule has 1 aliphatic rings. The first-order chi connectivity index (χ1) is 7.57. The molecule has 0 fully saturated rings. The number of fused-ring (bicyclic) bond motifs is 1. The number of benzene rings is 1. The molecule has 1 atom stereocenters. The first kappa shape index (κ1) is 11.0. The van der Waals surface area contributed by atoms with Crippen molar-refractivity contribution >= 4 is 11.7 Å². The average Bonchev–Trinajstić information content (AvgIpc) is 2.29. The second-order valence-corrected chi connectivity index (χ2v) is 4.56. The predicted molar refractivity (Wildman–Crippen MR) is 63.5 cm³/mol. The maximum Gasteiger partial charge on any atom is 0.331 e. The fourth-order valence-electron chi connectivity index (χ4n) is 2.22. The van der Waals surface area contributed by atoms with Crippen molar-refractivity contribution in [1.29, 1.82) is 0 Å². The number of carbonyl (C=O) groups is 1. The van der Waals surface area contributed by atoms with Gasteiger partial charge < -0.3 is 10.1 Å². The summed E-state index contributed by atoms with van der Waals surface area (Å²) in [5.41, 5.74) is 2.95. The van der Waals surface area contributed by atoms with Gasteiger partial charge in [-0.25, -0.2) is 4.79 Å². The Bertz CT molecular complexity index is 428. The van der Waals surface area contributed by atoms with E-state index in [1.807, 2.05) is 6.92 Å². The molecule has 2 rings (SSSR count). The van der Waals surface area contributed by atoms with Crippen LogP contribution in [-0.4, -0.2) is 18.6 Å². The molecule has 1 N–H and O–H groups in total. The highest BCUT2D eigenvalue weighted by atomic mass is 16.5. The molecule has 1 aliphatic heterocycles. The molecule has 3 nitrogen and oxygen atoms in total. The average molecular weight is 219 g/mol. The molecule has 1 aromatic carbocycles. The Morgan fingerprint density at radius 2 is 2.25 bits per heavy atom. The molecule has 0 aliphatic carbocycles. The lowest BCUT2D eigenvalue weighted by molar-refractivity contribution is -0.145. The van der Waals surface area contributed by atoms with E-state index in [1.54, 1.807) is 0 Å². The summed E-state index contributed by atoms with van der Waals surface area (Å²) in [5, 5.41) is 3.32. The summed E-state index contributed by atoms with van der Waals surface area (Å²) < 4.78 is 4.85. The van der Waals surface area contributed by atoms with E-state index in [2.05, 4.69) is 30.4 Å². The lowest BCUT2D eigenvalue weighted by Crippen LogP contribution is -2.47. The normalized spacial score (nSPS) is 23.2. The molecular weight excluding hydrogens is 202 g/mol. The zero-order valence-electron chi connectivity index (χ0n) is 9.96. The van der Waals surface area contributed by atoms with Gasteiger partial charge in [0.25, 0.3) is 0 Å². The van der Waals surface area contributed by atoms with E-state index in [0.717, 1.165) is 18.5 Å². The third kappa shape index (κ3) is 1.66. The molecular formula is C13H17NO2. The van der Waals surface area contributed by atoms with Crippen molar-refractivity contribution in [3.8, 4) is 0 Å². The van der Waals surface area contributed by atoms with Crippen molar-refractivity contribution in [3.63, 3.8) is 0 Å². The molecule has 0 spiro atoms. The van der Waals surface area contributed by atoms with Gasteiger partial charge in [0.2, 0.25) is 0 Å². The minimum absolute atomic E-state index is 0.193. The topological polar surface area (TPSA) is 38.3 Å². The van der Waals surface area contributed by atoms with Crippen LogP contribution in [0.15, 0.2) is 18.2 Å². The third-order valence-corrected chi connectivity index (χ3v) is 3.29. The van der Waals surface area contributed by atoms with Gasteiger partial charge in [0, 0.05) is 5.69 Å². The summed E-state index contributed by atoms with van der Waals surface area (Å²) in [6.45, 7) is 3.95. The van der Waals surface area contributed by atoms with Gasteiger partial charge in [0.05, 0.1) is 7.11 Å². The van der Waals surface area contributed by atoms with Crippen LogP contribution in [0, 0.1) is 6.92 Å². The SMILES string of the molecule is COC(=O)C1(C)CCc2cccc(C)c2N1. The largest absolute Gasteiger partial charge is 0.467 e. The van der Waals surface area contributed by atoms with Crippen molar-refractivity contribution in [2.75, 3.05) is 12.4 Å². The summed E-state index contributed by atoms with van der Waals surface area (Å²) in [6.07, 6.45) is 1.69. The molecule has 1 unspecified atom stereocenters. The number of para-hydroxylation sites is 1. The van der Waals surface area contributed by atoms with E-state index in [9.17, 15) is 4.79 Å². The number of anilines is 1. The predicted octanol–water partition coefficient (Wildman–Crippen LogP) is 2.28. The Kier molecular flexibility index (Phi) is 2.62. The fraction of sp³-hybridized carbons (Fsp3) is 0.462. The smallest absolute Gasteiger partial charge is 0.331 e. The van der Waals surface area contributed by atoms with E-state index >= 15 is 0 Å². The van der Waals surface area contributed by atoms with Gasteiger partial charge >= 0.3 is 5.97 Å². The van der Waals surface area contributed by atoms with Crippen molar-refractivity contribution in [3.05, 3.63) is 29.3 Å². The highest BCUT2D eigenvalue weighted by Crippen LogP contribution is 2.33. The Balaban J connectivity index is 2.36. The second-order valence-electron chi connectivity index (χ2n) is 4.56. The van der Waals surface area contributed by atoms with Gasteiger partial charge in [-0.1, -0.05) is 18.2 Å². The second kappa shape index (κ2) is 3.81. The van der Waals surface area contributed by atoms with Gasteiger partial charge in [0.15, 0.2) is 0 Å². The van der Waals surface area contributed by atoms with E-state index in [-0.39, 0.29) is 5.97 Å². The number of hydrogen-bond donors (Lipinski definition) is 1. The van der Waals surface area contributed by atoms with Crippen LogP contribution in [0.2, 0.25) is 0 Å². The number of carbonyl (C=O) groups excluding carboxylic acids is 1. The number of rotatable bonds is 1. The Morgan fingerprint density at radius 1 is 1.50 bits per heavy atom. The van der Waals surface area contributed by atoms with Gasteiger partial charge in [0.1, 0.15) is 5.54 Å².